The van der Waals surface area contributed by atoms with Crippen LogP contribution in [0, 0.1) is 5.82 Å². The van der Waals surface area contributed by atoms with Gasteiger partial charge in [0.2, 0.25) is 0 Å². The van der Waals surface area contributed by atoms with Crippen LogP contribution in [0.25, 0.3) is 22.4 Å². The monoisotopic (exact) mass is 410 g/mol. The van der Waals surface area contributed by atoms with Crippen molar-refractivity contribution in [2.75, 3.05) is 25.0 Å². The molecule has 3 aromatic rings. The molecule has 1 fully saturated rings. The first-order chi connectivity index (χ1) is 13.5. The topological polar surface area (TPSA) is 69.7 Å². The highest BCUT2D eigenvalue weighted by molar-refractivity contribution is 6.31. The number of rotatable bonds is 5. The number of halogens is 4. The lowest BCUT2D eigenvalue weighted by molar-refractivity contribution is 0.0761. The fraction of sp³-hybridized carbons (Fsp3) is 0.389. The second-order valence-electron chi connectivity index (χ2n) is 6.78. The van der Waals surface area contributed by atoms with E-state index < -0.39 is 12.2 Å². The van der Waals surface area contributed by atoms with Crippen LogP contribution in [0.3, 0.4) is 0 Å². The Balaban J connectivity index is 1.58. The van der Waals surface area contributed by atoms with Crippen LogP contribution in [0.5, 0.6) is 0 Å². The molecular weight excluding hydrogens is 393 g/mol. The van der Waals surface area contributed by atoms with E-state index in [2.05, 4.69) is 25.3 Å². The summed E-state index contributed by atoms with van der Waals surface area (Å²) in [5.41, 5.74) is 1.27. The molecule has 10 heteroatoms. The van der Waals surface area contributed by atoms with Crippen LogP contribution in [0.1, 0.15) is 12.8 Å². The summed E-state index contributed by atoms with van der Waals surface area (Å²) in [6, 6.07) is 1.57. The summed E-state index contributed by atoms with van der Waals surface area (Å²) in [6.07, 6.45) is 3.44. The smallest absolute Gasteiger partial charge is 0.251 e. The van der Waals surface area contributed by atoms with Crippen molar-refractivity contribution >= 4 is 28.5 Å². The molecule has 0 saturated carbocycles. The van der Waals surface area contributed by atoms with Crippen LogP contribution in [-0.2, 0) is 0 Å². The van der Waals surface area contributed by atoms with Gasteiger partial charge in [0.1, 0.15) is 5.65 Å². The number of hydrogen-bond donors (Lipinski definition) is 2. The molecule has 0 aromatic carbocycles. The molecule has 0 bridgehead atoms. The van der Waals surface area contributed by atoms with Gasteiger partial charge in [0.25, 0.3) is 6.43 Å². The molecule has 4 heterocycles. The SMILES string of the molecule is Fc1cnc(-c2c[nH]c3ncc(Cl)cc23)nc1NC1CCCN(CC(F)F)C1. The van der Waals surface area contributed by atoms with Crippen molar-refractivity contribution in [3.8, 4) is 11.4 Å². The summed E-state index contributed by atoms with van der Waals surface area (Å²) >= 11 is 6.02. The van der Waals surface area contributed by atoms with Crippen LogP contribution < -0.4 is 5.32 Å². The second-order valence-corrected chi connectivity index (χ2v) is 7.21. The Morgan fingerprint density at radius 2 is 2.18 bits per heavy atom. The van der Waals surface area contributed by atoms with E-state index in [9.17, 15) is 13.2 Å². The van der Waals surface area contributed by atoms with E-state index in [1.54, 1.807) is 17.2 Å². The van der Waals surface area contributed by atoms with Crippen molar-refractivity contribution in [3.63, 3.8) is 0 Å². The van der Waals surface area contributed by atoms with E-state index in [1.165, 1.54) is 6.20 Å². The third-order valence-corrected chi connectivity index (χ3v) is 4.93. The number of nitrogens with zero attached hydrogens (tertiary/aromatic N) is 4. The molecule has 1 atom stereocenters. The van der Waals surface area contributed by atoms with Crippen molar-refractivity contribution in [1.82, 2.24) is 24.8 Å². The van der Waals surface area contributed by atoms with E-state index in [-0.39, 0.29) is 18.4 Å². The van der Waals surface area contributed by atoms with Gasteiger partial charge in [-0.25, -0.2) is 28.1 Å². The van der Waals surface area contributed by atoms with Gasteiger partial charge in [-0.15, -0.1) is 0 Å². The molecule has 0 aliphatic carbocycles. The van der Waals surface area contributed by atoms with Crippen LogP contribution in [-0.4, -0.2) is 56.9 Å². The number of fused-ring (bicyclic) bond motifs is 1. The molecule has 28 heavy (non-hydrogen) atoms. The standard InChI is InChI=1S/C18H18ClF3N6/c19-10-4-12-13(6-24-16(12)23-5-10)17-25-7-14(20)18(27-17)26-11-2-1-3-28(8-11)9-15(21)22/h4-7,11,15H,1-3,8-9H2,(H,23,24)(H,25,26,27). The molecule has 6 nitrogen and oxygen atoms in total. The normalized spacial score (nSPS) is 18.1. The largest absolute Gasteiger partial charge is 0.363 e. The van der Waals surface area contributed by atoms with Gasteiger partial charge in [0, 0.05) is 35.9 Å². The molecule has 0 spiro atoms. The quantitative estimate of drug-likeness (QED) is 0.666. The number of H-pyrrole nitrogens is 1. The minimum atomic E-state index is -2.39. The molecule has 0 radical (unpaired) electrons. The maximum atomic E-state index is 14.3. The summed E-state index contributed by atoms with van der Waals surface area (Å²) in [7, 11) is 0. The van der Waals surface area contributed by atoms with Crippen molar-refractivity contribution in [2.24, 2.45) is 0 Å². The van der Waals surface area contributed by atoms with Gasteiger partial charge >= 0.3 is 0 Å². The summed E-state index contributed by atoms with van der Waals surface area (Å²) in [4.78, 5) is 17.3. The van der Waals surface area contributed by atoms with Gasteiger partial charge in [0.05, 0.1) is 17.8 Å². The maximum absolute atomic E-state index is 14.3. The molecular formula is C18H18ClF3N6. The first-order valence-electron chi connectivity index (χ1n) is 8.92. The maximum Gasteiger partial charge on any atom is 0.251 e. The number of hydrogen-bond acceptors (Lipinski definition) is 5. The van der Waals surface area contributed by atoms with E-state index >= 15 is 0 Å². The van der Waals surface area contributed by atoms with Crippen molar-refractivity contribution in [3.05, 3.63) is 35.5 Å². The number of nitrogens with one attached hydrogen (secondary N) is 2. The highest BCUT2D eigenvalue weighted by atomic mass is 35.5. The molecule has 1 aliphatic heterocycles. The highest BCUT2D eigenvalue weighted by Crippen LogP contribution is 2.28. The number of alkyl halides is 2. The van der Waals surface area contributed by atoms with Crippen molar-refractivity contribution in [2.45, 2.75) is 25.3 Å². The summed E-state index contributed by atoms with van der Waals surface area (Å²) in [6.45, 7) is 0.748. The number of pyridine rings is 1. The van der Waals surface area contributed by atoms with Gasteiger partial charge in [-0.3, -0.25) is 4.90 Å². The number of piperidine rings is 1. The van der Waals surface area contributed by atoms with Crippen LogP contribution in [0.2, 0.25) is 5.02 Å². The number of likely N-dealkylation sites (tertiary alicyclic amines) is 1. The third-order valence-electron chi connectivity index (χ3n) is 4.73. The fourth-order valence-corrected chi connectivity index (χ4v) is 3.65. The van der Waals surface area contributed by atoms with Crippen LogP contribution >= 0.6 is 11.6 Å². The first kappa shape index (κ1) is 18.9. The third kappa shape index (κ3) is 4.05. The van der Waals surface area contributed by atoms with E-state index in [4.69, 9.17) is 11.6 Å². The van der Waals surface area contributed by atoms with Gasteiger partial charge in [-0.05, 0) is 25.5 Å². The highest BCUT2D eigenvalue weighted by Gasteiger charge is 2.23. The second kappa shape index (κ2) is 7.92. The Morgan fingerprint density at radius 1 is 1.32 bits per heavy atom. The predicted molar refractivity (Wildman–Crippen MR) is 101 cm³/mol. The van der Waals surface area contributed by atoms with Gasteiger partial charge in [-0.2, -0.15) is 0 Å². The first-order valence-corrected chi connectivity index (χ1v) is 9.30. The summed E-state index contributed by atoms with van der Waals surface area (Å²) in [5.74, 6) is -0.219. The molecule has 1 unspecified atom stereocenters. The Labute approximate surface area is 164 Å². The lowest BCUT2D eigenvalue weighted by Crippen LogP contribution is -2.44. The van der Waals surface area contributed by atoms with Gasteiger partial charge < -0.3 is 10.3 Å². The average Bonchev–Trinajstić information content (AvgIpc) is 3.06. The van der Waals surface area contributed by atoms with E-state index in [1.807, 2.05) is 0 Å². The minimum Gasteiger partial charge on any atom is -0.363 e. The van der Waals surface area contributed by atoms with E-state index in [0.717, 1.165) is 24.4 Å². The summed E-state index contributed by atoms with van der Waals surface area (Å²) < 4.78 is 39.6. The minimum absolute atomic E-state index is 0.0539. The Bertz CT molecular complexity index is 979. The van der Waals surface area contributed by atoms with Crippen LogP contribution in [0.15, 0.2) is 24.7 Å². The van der Waals surface area contributed by atoms with Gasteiger partial charge in [0.15, 0.2) is 17.5 Å². The molecule has 2 N–H and O–H groups in total. The molecule has 0 amide bonds. The zero-order valence-electron chi connectivity index (χ0n) is 14.8. The molecule has 148 valence electrons. The Hall–Kier alpha value is -2.39. The molecule has 1 saturated heterocycles. The lowest BCUT2D eigenvalue weighted by Gasteiger charge is -2.33. The molecule has 4 rings (SSSR count). The zero-order valence-corrected chi connectivity index (χ0v) is 15.6. The number of anilines is 1. The molecule has 1 aliphatic rings. The Kier molecular flexibility index (Phi) is 5.36. The fourth-order valence-electron chi connectivity index (χ4n) is 3.49. The van der Waals surface area contributed by atoms with Crippen molar-refractivity contribution < 1.29 is 13.2 Å². The lowest BCUT2D eigenvalue weighted by atomic mass is 10.1. The average molecular weight is 411 g/mol. The molecule has 3 aromatic heterocycles. The van der Waals surface area contributed by atoms with Crippen LogP contribution in [0.4, 0.5) is 19.0 Å². The Morgan fingerprint density at radius 3 is 3.00 bits per heavy atom. The predicted octanol–water partition coefficient (Wildman–Crippen LogP) is 3.95. The van der Waals surface area contributed by atoms with E-state index in [0.29, 0.717) is 35.1 Å². The number of aromatic amines is 1. The zero-order chi connectivity index (χ0) is 19.7. The number of aromatic nitrogens is 4. The summed E-state index contributed by atoms with van der Waals surface area (Å²) in [5, 5.41) is 4.24. The van der Waals surface area contributed by atoms with Gasteiger partial charge in [-0.1, -0.05) is 11.6 Å². The van der Waals surface area contributed by atoms with Crippen molar-refractivity contribution in [1.29, 1.82) is 0 Å².